The topological polar surface area (TPSA) is 24.5 Å². The third-order valence-electron chi connectivity index (χ3n) is 3.76. The molecule has 1 aromatic carbocycles. The van der Waals surface area contributed by atoms with Crippen molar-refractivity contribution < 1.29 is 17.9 Å². The van der Waals surface area contributed by atoms with E-state index in [2.05, 4.69) is 28.8 Å². The van der Waals surface area contributed by atoms with Crippen LogP contribution in [-0.4, -0.2) is 37.4 Å². The van der Waals surface area contributed by atoms with E-state index in [1.54, 1.807) is 6.07 Å². The van der Waals surface area contributed by atoms with E-state index in [0.717, 1.165) is 38.2 Å². The van der Waals surface area contributed by atoms with Gasteiger partial charge in [0.05, 0.1) is 0 Å². The zero-order valence-electron chi connectivity index (χ0n) is 13.8. The molecule has 140 valence electrons. The zero-order chi connectivity index (χ0) is 16.2. The van der Waals surface area contributed by atoms with E-state index in [-0.39, 0.29) is 36.6 Å². The predicted octanol–water partition coefficient (Wildman–Crippen LogP) is 4.42. The molecule has 1 aliphatic heterocycles. The summed E-state index contributed by atoms with van der Waals surface area (Å²) in [5, 5.41) is 3.30. The number of hydrogen-bond donors (Lipinski definition) is 1. The first-order chi connectivity index (χ1) is 10.3. The minimum absolute atomic E-state index is 0. The Labute approximate surface area is 153 Å². The maximum atomic E-state index is 12.4. The molecule has 0 radical (unpaired) electrons. The van der Waals surface area contributed by atoms with Crippen molar-refractivity contribution in [2.24, 2.45) is 5.92 Å². The van der Waals surface area contributed by atoms with Gasteiger partial charge in [-0.25, -0.2) is 0 Å². The molecule has 2 rings (SSSR count). The molecule has 1 atom stereocenters. The highest BCUT2D eigenvalue weighted by Crippen LogP contribution is 2.31. The van der Waals surface area contributed by atoms with E-state index in [1.165, 1.54) is 12.1 Å². The maximum absolute atomic E-state index is 12.4. The van der Waals surface area contributed by atoms with Crippen LogP contribution in [0, 0.1) is 5.92 Å². The standard InChI is InChI=1S/C16H23F3N2O.2ClH/c1-12(2)10-15(21-8-6-20-7-9-21)13-4-3-5-14(11-13)22-16(17,18)19;;/h3-5,11-12,15,20H,6-10H2,1-2H3;2*1H/t15-;;/m1../s1. The van der Waals surface area contributed by atoms with Gasteiger partial charge >= 0.3 is 6.36 Å². The highest BCUT2D eigenvalue weighted by atomic mass is 35.5. The van der Waals surface area contributed by atoms with Crippen LogP contribution in [0.25, 0.3) is 0 Å². The van der Waals surface area contributed by atoms with E-state index in [4.69, 9.17) is 0 Å². The lowest BCUT2D eigenvalue weighted by molar-refractivity contribution is -0.274. The lowest BCUT2D eigenvalue weighted by Crippen LogP contribution is -2.45. The average Bonchev–Trinajstić information content (AvgIpc) is 2.44. The molecule has 24 heavy (non-hydrogen) atoms. The summed E-state index contributed by atoms with van der Waals surface area (Å²) in [4.78, 5) is 2.34. The summed E-state index contributed by atoms with van der Waals surface area (Å²) in [5.41, 5.74) is 0.886. The molecule has 0 saturated carbocycles. The van der Waals surface area contributed by atoms with Gasteiger partial charge in [-0.15, -0.1) is 38.0 Å². The Kier molecular flexibility index (Phi) is 10.0. The minimum atomic E-state index is -4.65. The van der Waals surface area contributed by atoms with Gasteiger partial charge in [0.1, 0.15) is 5.75 Å². The summed E-state index contributed by atoms with van der Waals surface area (Å²) >= 11 is 0. The van der Waals surface area contributed by atoms with Crippen molar-refractivity contribution >= 4 is 24.8 Å². The first-order valence-electron chi connectivity index (χ1n) is 7.65. The lowest BCUT2D eigenvalue weighted by atomic mass is 9.95. The Morgan fingerprint density at radius 2 is 1.79 bits per heavy atom. The number of piperazine rings is 1. The molecule has 0 aliphatic carbocycles. The normalized spacial score (nSPS) is 16.9. The average molecular weight is 389 g/mol. The van der Waals surface area contributed by atoms with Crippen molar-refractivity contribution in [1.29, 1.82) is 0 Å². The summed E-state index contributed by atoms with van der Waals surface area (Å²) in [5.74, 6) is 0.320. The first kappa shape index (κ1) is 23.3. The molecule has 0 unspecified atom stereocenters. The number of halogens is 5. The van der Waals surface area contributed by atoms with Crippen LogP contribution in [-0.2, 0) is 0 Å². The van der Waals surface area contributed by atoms with Crippen LogP contribution in [0.5, 0.6) is 5.75 Å². The molecule has 1 heterocycles. The predicted molar refractivity (Wildman–Crippen MR) is 94.3 cm³/mol. The number of nitrogens with one attached hydrogen (secondary N) is 1. The Morgan fingerprint density at radius 1 is 1.17 bits per heavy atom. The second-order valence-electron chi connectivity index (χ2n) is 6.05. The minimum Gasteiger partial charge on any atom is -0.406 e. The molecule has 1 N–H and O–H groups in total. The van der Waals surface area contributed by atoms with E-state index < -0.39 is 6.36 Å². The highest BCUT2D eigenvalue weighted by Gasteiger charge is 2.31. The molecule has 0 amide bonds. The van der Waals surface area contributed by atoms with Gasteiger partial charge in [-0.05, 0) is 30.0 Å². The molecule has 0 bridgehead atoms. The molecule has 8 heteroatoms. The Balaban J connectivity index is 0.00000264. The third-order valence-corrected chi connectivity index (χ3v) is 3.76. The van der Waals surface area contributed by atoms with E-state index >= 15 is 0 Å². The van der Waals surface area contributed by atoms with Crippen molar-refractivity contribution in [3.63, 3.8) is 0 Å². The van der Waals surface area contributed by atoms with Gasteiger partial charge in [0.25, 0.3) is 0 Å². The molecular formula is C16H25Cl2F3N2O. The molecule has 0 spiro atoms. The van der Waals surface area contributed by atoms with E-state index in [9.17, 15) is 13.2 Å². The molecular weight excluding hydrogens is 364 g/mol. The monoisotopic (exact) mass is 388 g/mol. The number of alkyl halides is 3. The quantitative estimate of drug-likeness (QED) is 0.807. The van der Waals surface area contributed by atoms with Crippen molar-refractivity contribution in [3.05, 3.63) is 29.8 Å². The van der Waals surface area contributed by atoms with E-state index in [0.29, 0.717) is 5.92 Å². The first-order valence-corrected chi connectivity index (χ1v) is 7.65. The van der Waals surface area contributed by atoms with Crippen LogP contribution in [0.3, 0.4) is 0 Å². The van der Waals surface area contributed by atoms with Crippen molar-refractivity contribution in [2.75, 3.05) is 26.2 Å². The number of ether oxygens (including phenoxy) is 1. The van der Waals surface area contributed by atoms with Crippen LogP contribution < -0.4 is 10.1 Å². The summed E-state index contributed by atoms with van der Waals surface area (Å²) < 4.78 is 41.2. The molecule has 1 aliphatic rings. The second-order valence-corrected chi connectivity index (χ2v) is 6.05. The van der Waals surface area contributed by atoms with Gasteiger partial charge in [-0.2, -0.15) is 0 Å². The van der Waals surface area contributed by atoms with Crippen molar-refractivity contribution in [3.8, 4) is 5.75 Å². The summed E-state index contributed by atoms with van der Waals surface area (Å²) in [6.45, 7) is 7.89. The maximum Gasteiger partial charge on any atom is 0.573 e. The fourth-order valence-corrected chi connectivity index (χ4v) is 2.86. The number of rotatable bonds is 5. The largest absolute Gasteiger partial charge is 0.573 e. The van der Waals surface area contributed by atoms with Gasteiger partial charge in [0.2, 0.25) is 0 Å². The molecule has 1 fully saturated rings. The van der Waals surface area contributed by atoms with Crippen molar-refractivity contribution in [2.45, 2.75) is 32.7 Å². The molecule has 1 aromatic rings. The number of hydrogen-bond acceptors (Lipinski definition) is 3. The van der Waals surface area contributed by atoms with Crippen molar-refractivity contribution in [1.82, 2.24) is 10.2 Å². The Hall–Kier alpha value is -0.690. The molecule has 1 saturated heterocycles. The number of nitrogens with zero attached hydrogens (tertiary/aromatic N) is 1. The van der Waals surface area contributed by atoms with Gasteiger partial charge in [-0.1, -0.05) is 26.0 Å². The Bertz CT molecular complexity index is 481. The van der Waals surface area contributed by atoms with Crippen LogP contribution in [0.2, 0.25) is 0 Å². The highest BCUT2D eigenvalue weighted by molar-refractivity contribution is 5.85. The fraction of sp³-hybridized carbons (Fsp3) is 0.625. The summed E-state index contributed by atoms with van der Waals surface area (Å²) in [6.07, 6.45) is -3.74. The van der Waals surface area contributed by atoms with Gasteiger partial charge in [0, 0.05) is 32.2 Å². The summed E-state index contributed by atoms with van der Waals surface area (Å²) in [6, 6.07) is 6.51. The smallest absolute Gasteiger partial charge is 0.406 e. The van der Waals surface area contributed by atoms with Crippen LogP contribution in [0.4, 0.5) is 13.2 Å². The SMILES string of the molecule is CC(C)C[C@H](c1cccc(OC(F)(F)F)c1)N1CCNCC1.Cl.Cl. The van der Waals surface area contributed by atoms with Gasteiger partial charge in [-0.3, -0.25) is 4.90 Å². The zero-order valence-corrected chi connectivity index (χ0v) is 15.4. The molecule has 0 aromatic heterocycles. The molecule has 3 nitrogen and oxygen atoms in total. The fourth-order valence-electron chi connectivity index (χ4n) is 2.86. The Morgan fingerprint density at radius 3 is 2.33 bits per heavy atom. The van der Waals surface area contributed by atoms with Crippen LogP contribution >= 0.6 is 24.8 Å². The van der Waals surface area contributed by atoms with Crippen LogP contribution in [0.15, 0.2) is 24.3 Å². The third kappa shape index (κ3) is 7.47. The van der Waals surface area contributed by atoms with Gasteiger partial charge in [0.15, 0.2) is 0 Å². The summed E-state index contributed by atoms with van der Waals surface area (Å²) in [7, 11) is 0. The number of benzene rings is 1. The van der Waals surface area contributed by atoms with E-state index in [1.807, 2.05) is 6.07 Å². The second kappa shape index (κ2) is 10.3. The lowest BCUT2D eigenvalue weighted by Gasteiger charge is -2.36. The van der Waals surface area contributed by atoms with Gasteiger partial charge < -0.3 is 10.1 Å². The van der Waals surface area contributed by atoms with Crippen LogP contribution in [0.1, 0.15) is 31.9 Å².